The number of hydrogen-bond acceptors (Lipinski definition) is 9. The van der Waals surface area contributed by atoms with Crippen LogP contribution in [-0.4, -0.2) is 69.2 Å². The summed E-state index contributed by atoms with van der Waals surface area (Å²) in [7, 11) is 0. The Hall–Kier alpha value is -3.37. The first kappa shape index (κ1) is 19.9. The molecule has 0 atom stereocenters. The Kier molecular flexibility index (Phi) is 5.68. The predicted molar refractivity (Wildman–Crippen MR) is 111 cm³/mol. The van der Waals surface area contributed by atoms with E-state index in [0.717, 1.165) is 11.1 Å². The summed E-state index contributed by atoms with van der Waals surface area (Å²) in [6.07, 6.45) is 1.28. The van der Waals surface area contributed by atoms with Crippen molar-refractivity contribution in [1.29, 1.82) is 0 Å². The van der Waals surface area contributed by atoms with Crippen LogP contribution in [0, 0.1) is 17.0 Å². The van der Waals surface area contributed by atoms with E-state index in [1.165, 1.54) is 6.33 Å². The minimum absolute atomic E-state index is 0.0875. The summed E-state index contributed by atoms with van der Waals surface area (Å²) in [4.78, 5) is 28.1. The number of ether oxygens (including phenoxy) is 1. The van der Waals surface area contributed by atoms with E-state index >= 15 is 0 Å². The number of β-amino-alcohol motifs (C(OH)–C–C–N with tert-alkyl or cyclic N) is 1. The Bertz CT molecular complexity index is 1070. The van der Waals surface area contributed by atoms with Crippen molar-refractivity contribution < 1.29 is 14.8 Å². The normalized spacial score (nSPS) is 14.8. The van der Waals surface area contributed by atoms with Gasteiger partial charge in [-0.15, -0.1) is 0 Å². The number of anilines is 1. The number of aliphatic hydroxyl groups excluding tert-OH is 1. The molecular formula is C20H22N6O4. The lowest BCUT2D eigenvalue weighted by atomic mass is 10.2. The van der Waals surface area contributed by atoms with Crippen LogP contribution in [0.4, 0.5) is 11.5 Å². The third-order valence-corrected chi connectivity index (χ3v) is 5.07. The fourth-order valence-electron chi connectivity index (χ4n) is 3.55. The number of aromatic nitrogens is 3. The quantitative estimate of drug-likeness (QED) is 0.482. The van der Waals surface area contributed by atoms with Crippen molar-refractivity contribution >= 4 is 22.4 Å². The van der Waals surface area contributed by atoms with Crippen molar-refractivity contribution in [3.63, 3.8) is 0 Å². The molecule has 1 aromatic carbocycles. The van der Waals surface area contributed by atoms with Gasteiger partial charge in [-0.2, -0.15) is 4.98 Å². The zero-order valence-corrected chi connectivity index (χ0v) is 16.6. The van der Waals surface area contributed by atoms with Gasteiger partial charge in [-0.25, -0.2) is 9.97 Å². The van der Waals surface area contributed by atoms with Crippen molar-refractivity contribution in [2.45, 2.75) is 6.92 Å². The highest BCUT2D eigenvalue weighted by atomic mass is 16.6. The standard InChI is InChI=1S/C20H22N6O4/c1-14-5-6-15-3-2-4-16(17(15)23-14)30-20-18(26(28)29)19(21-13-22-20)25-9-7-24(8-10-25)11-12-27/h2-6,13,27H,7-12H2,1H3. The van der Waals surface area contributed by atoms with Gasteiger partial charge in [-0.1, -0.05) is 18.2 Å². The summed E-state index contributed by atoms with van der Waals surface area (Å²) in [6, 6.07) is 9.25. The van der Waals surface area contributed by atoms with Crippen LogP contribution in [-0.2, 0) is 0 Å². The van der Waals surface area contributed by atoms with E-state index in [2.05, 4.69) is 19.9 Å². The molecule has 3 aromatic rings. The highest BCUT2D eigenvalue weighted by molar-refractivity contribution is 5.85. The van der Waals surface area contributed by atoms with Gasteiger partial charge in [0.25, 0.3) is 0 Å². The molecule has 3 heterocycles. The van der Waals surface area contributed by atoms with Gasteiger partial charge in [-0.3, -0.25) is 15.0 Å². The van der Waals surface area contributed by atoms with Gasteiger partial charge in [0.05, 0.1) is 11.5 Å². The molecule has 1 aliphatic heterocycles. The molecule has 30 heavy (non-hydrogen) atoms. The number of benzene rings is 1. The van der Waals surface area contributed by atoms with Gasteiger partial charge < -0.3 is 14.7 Å². The zero-order valence-electron chi connectivity index (χ0n) is 16.6. The van der Waals surface area contributed by atoms with Crippen molar-refractivity contribution in [2.24, 2.45) is 0 Å². The van der Waals surface area contributed by atoms with Crippen LogP contribution in [0.2, 0.25) is 0 Å². The first-order chi connectivity index (χ1) is 14.6. The maximum absolute atomic E-state index is 11.9. The highest BCUT2D eigenvalue weighted by Crippen LogP contribution is 2.38. The molecule has 0 saturated carbocycles. The second kappa shape index (κ2) is 8.56. The molecule has 0 spiro atoms. The lowest BCUT2D eigenvalue weighted by Crippen LogP contribution is -2.47. The number of aryl methyl sites for hydroxylation is 1. The smallest absolute Gasteiger partial charge is 0.373 e. The van der Waals surface area contributed by atoms with Gasteiger partial charge >= 0.3 is 11.6 Å². The Morgan fingerprint density at radius 1 is 1.17 bits per heavy atom. The molecule has 2 aromatic heterocycles. The monoisotopic (exact) mass is 410 g/mol. The molecule has 0 bridgehead atoms. The molecule has 1 aliphatic rings. The molecule has 4 rings (SSSR count). The van der Waals surface area contributed by atoms with E-state index < -0.39 is 4.92 Å². The largest absolute Gasteiger partial charge is 0.431 e. The Morgan fingerprint density at radius 3 is 2.70 bits per heavy atom. The third kappa shape index (κ3) is 4.00. The fraction of sp³-hybridized carbons (Fsp3) is 0.350. The zero-order chi connectivity index (χ0) is 21.1. The van der Waals surface area contributed by atoms with Crippen LogP contribution in [0.25, 0.3) is 10.9 Å². The number of nitro groups is 1. The minimum atomic E-state index is -0.505. The first-order valence-corrected chi connectivity index (χ1v) is 9.68. The second-order valence-electron chi connectivity index (χ2n) is 7.04. The summed E-state index contributed by atoms with van der Waals surface area (Å²) in [5, 5.41) is 21.9. The number of piperazine rings is 1. The molecule has 0 radical (unpaired) electrons. The fourth-order valence-corrected chi connectivity index (χ4v) is 3.55. The van der Waals surface area contributed by atoms with E-state index in [-0.39, 0.29) is 24.0 Å². The van der Waals surface area contributed by atoms with Crippen molar-refractivity contribution in [3.8, 4) is 11.6 Å². The summed E-state index contributed by atoms with van der Waals surface area (Å²) < 4.78 is 5.90. The van der Waals surface area contributed by atoms with Crippen molar-refractivity contribution in [1.82, 2.24) is 19.9 Å². The molecular weight excluding hydrogens is 388 g/mol. The van der Waals surface area contributed by atoms with Crippen molar-refractivity contribution in [3.05, 3.63) is 52.5 Å². The van der Waals surface area contributed by atoms with E-state index in [1.54, 1.807) is 6.07 Å². The van der Waals surface area contributed by atoms with Crippen LogP contribution in [0.15, 0.2) is 36.7 Å². The van der Waals surface area contributed by atoms with Crippen LogP contribution < -0.4 is 9.64 Å². The number of aliphatic hydroxyl groups is 1. The van der Waals surface area contributed by atoms with Crippen molar-refractivity contribution in [2.75, 3.05) is 44.2 Å². The number of nitrogens with zero attached hydrogens (tertiary/aromatic N) is 6. The summed E-state index contributed by atoms with van der Waals surface area (Å²) in [5.41, 5.74) is 1.17. The van der Waals surface area contributed by atoms with Gasteiger partial charge in [-0.05, 0) is 19.1 Å². The summed E-state index contributed by atoms with van der Waals surface area (Å²) in [5.74, 6) is 0.522. The van der Waals surface area contributed by atoms with Crippen LogP contribution in [0.3, 0.4) is 0 Å². The number of fused-ring (bicyclic) bond motifs is 1. The molecule has 1 saturated heterocycles. The van der Waals surface area contributed by atoms with Gasteiger partial charge in [0, 0.05) is 43.8 Å². The number of hydrogen-bond donors (Lipinski definition) is 1. The molecule has 1 N–H and O–H groups in total. The van der Waals surface area contributed by atoms with Gasteiger partial charge in [0.15, 0.2) is 5.75 Å². The number of pyridine rings is 1. The minimum Gasteiger partial charge on any atom is -0.431 e. The van der Waals surface area contributed by atoms with Crippen LogP contribution in [0.1, 0.15) is 5.69 Å². The lowest BCUT2D eigenvalue weighted by molar-refractivity contribution is -0.385. The average Bonchev–Trinajstić information content (AvgIpc) is 2.74. The molecule has 1 fully saturated rings. The predicted octanol–water partition coefficient (Wildman–Crippen LogP) is 2.15. The lowest BCUT2D eigenvalue weighted by Gasteiger charge is -2.34. The highest BCUT2D eigenvalue weighted by Gasteiger charge is 2.30. The maximum atomic E-state index is 11.9. The Morgan fingerprint density at radius 2 is 1.97 bits per heavy atom. The van der Waals surface area contributed by atoms with E-state index in [1.807, 2.05) is 36.1 Å². The summed E-state index contributed by atoms with van der Waals surface area (Å²) >= 11 is 0. The number of para-hydroxylation sites is 1. The van der Waals surface area contributed by atoms with Gasteiger partial charge in [0.1, 0.15) is 11.8 Å². The molecule has 0 unspecified atom stereocenters. The average molecular weight is 410 g/mol. The molecule has 156 valence electrons. The first-order valence-electron chi connectivity index (χ1n) is 9.68. The Labute approximate surface area is 172 Å². The second-order valence-corrected chi connectivity index (χ2v) is 7.04. The molecule has 0 aliphatic carbocycles. The van der Waals surface area contributed by atoms with E-state index in [9.17, 15) is 10.1 Å². The Balaban J connectivity index is 1.68. The molecule has 10 nitrogen and oxygen atoms in total. The third-order valence-electron chi connectivity index (χ3n) is 5.07. The molecule has 10 heteroatoms. The van der Waals surface area contributed by atoms with Crippen LogP contribution in [0.5, 0.6) is 11.6 Å². The van der Waals surface area contributed by atoms with E-state index in [4.69, 9.17) is 9.84 Å². The summed E-state index contributed by atoms with van der Waals surface area (Å²) in [6.45, 7) is 5.04. The van der Waals surface area contributed by atoms with Crippen LogP contribution >= 0.6 is 0 Å². The maximum Gasteiger partial charge on any atom is 0.373 e. The SMILES string of the molecule is Cc1ccc2cccc(Oc3ncnc(N4CCN(CCO)CC4)c3[N+](=O)[O-])c2n1. The van der Waals surface area contributed by atoms with Gasteiger partial charge in [0.2, 0.25) is 5.82 Å². The topological polar surface area (TPSA) is 118 Å². The molecule has 0 amide bonds. The van der Waals surface area contributed by atoms with E-state index in [0.29, 0.717) is 44.0 Å². The number of rotatable bonds is 6.